The quantitative estimate of drug-likeness (QED) is 0.0225. The minimum atomic E-state index is -4.62. The maximum atomic E-state index is 12.5. The molecule has 1 unspecified atom stereocenters. The van der Waals surface area contributed by atoms with E-state index in [1.165, 1.54) is 32.1 Å². The zero-order valence-electron chi connectivity index (χ0n) is 30.9. The summed E-state index contributed by atoms with van der Waals surface area (Å²) in [5.41, 5.74) is 0. The summed E-state index contributed by atoms with van der Waals surface area (Å²) < 4.78 is 33.6. The maximum Gasteiger partial charge on any atom is 0.306 e. The van der Waals surface area contributed by atoms with Crippen LogP contribution in [0.2, 0.25) is 0 Å². The van der Waals surface area contributed by atoms with Crippen molar-refractivity contribution in [2.75, 3.05) is 47.5 Å². The first-order valence-electron chi connectivity index (χ1n) is 18.3. The Hall–Kier alpha value is -2.03. The molecule has 2 atom stereocenters. The number of esters is 2. The highest BCUT2D eigenvalue weighted by Gasteiger charge is 2.21. The second-order valence-electron chi connectivity index (χ2n) is 13.2. The van der Waals surface area contributed by atoms with Crippen molar-refractivity contribution in [3.8, 4) is 0 Å². The molecule has 0 amide bonds. The highest BCUT2D eigenvalue weighted by Crippen LogP contribution is 2.38. The zero-order valence-corrected chi connectivity index (χ0v) is 31.8. The molecule has 0 aliphatic rings. The topological polar surface area (TPSA) is 111 Å². The molecule has 0 saturated heterocycles. The molecule has 278 valence electrons. The van der Waals surface area contributed by atoms with Crippen molar-refractivity contribution < 1.29 is 42.1 Å². The fraction of sp³-hybridized carbons (Fsp3) is 0.737. The third-order valence-corrected chi connectivity index (χ3v) is 8.33. The number of ether oxygens (including phenoxy) is 2. The molecule has 9 nitrogen and oxygen atoms in total. The summed E-state index contributed by atoms with van der Waals surface area (Å²) in [5.74, 6) is -0.892. The van der Waals surface area contributed by atoms with Crippen LogP contribution < -0.4 is 4.89 Å². The van der Waals surface area contributed by atoms with Crippen LogP contribution in [0.4, 0.5) is 0 Å². The highest BCUT2D eigenvalue weighted by molar-refractivity contribution is 7.45. The van der Waals surface area contributed by atoms with Crippen molar-refractivity contribution in [1.82, 2.24) is 0 Å². The molecule has 0 aromatic rings. The lowest BCUT2D eigenvalue weighted by Crippen LogP contribution is -2.37. The van der Waals surface area contributed by atoms with E-state index in [1.54, 1.807) is 0 Å². The van der Waals surface area contributed by atoms with E-state index in [4.69, 9.17) is 18.5 Å². The molecule has 0 saturated carbocycles. The summed E-state index contributed by atoms with van der Waals surface area (Å²) in [4.78, 5) is 37.2. The molecule has 0 N–H and O–H groups in total. The molecule has 48 heavy (non-hydrogen) atoms. The smallest absolute Gasteiger partial charge is 0.306 e. The van der Waals surface area contributed by atoms with Crippen molar-refractivity contribution in [3.05, 3.63) is 48.6 Å². The Bertz CT molecular complexity index is 970. The fourth-order valence-corrected chi connectivity index (χ4v) is 5.19. The monoisotopic (exact) mass is 697 g/mol. The minimum absolute atomic E-state index is 0.0385. The molecule has 0 aromatic heterocycles. The highest BCUT2D eigenvalue weighted by atomic mass is 31.2. The molecule has 0 fully saturated rings. The van der Waals surface area contributed by atoms with E-state index in [1.807, 2.05) is 21.1 Å². The summed E-state index contributed by atoms with van der Waals surface area (Å²) in [7, 11) is 1.13. The van der Waals surface area contributed by atoms with Gasteiger partial charge in [-0.2, -0.15) is 0 Å². The Balaban J connectivity index is 4.52. The maximum absolute atomic E-state index is 12.5. The van der Waals surface area contributed by atoms with Gasteiger partial charge in [-0.15, -0.1) is 0 Å². The van der Waals surface area contributed by atoms with Gasteiger partial charge in [0.1, 0.15) is 19.8 Å². The van der Waals surface area contributed by atoms with Crippen molar-refractivity contribution in [3.63, 3.8) is 0 Å². The van der Waals surface area contributed by atoms with Crippen LogP contribution in [0.3, 0.4) is 0 Å². The molecule has 0 aliphatic heterocycles. The summed E-state index contributed by atoms with van der Waals surface area (Å²) in [5, 5.41) is 0. The van der Waals surface area contributed by atoms with Gasteiger partial charge in [-0.3, -0.25) is 14.2 Å². The molecule has 0 spiro atoms. The number of nitrogens with zero attached hydrogens (tertiary/aromatic N) is 1. The molecule has 0 rings (SSSR count). The molecule has 0 bridgehead atoms. The number of carbonyl (C=O) groups excluding carboxylic acids is 2. The van der Waals surface area contributed by atoms with Crippen LogP contribution in [-0.4, -0.2) is 70.0 Å². The van der Waals surface area contributed by atoms with E-state index >= 15 is 0 Å². The number of allylic oxidation sites excluding steroid dienone is 8. The average Bonchev–Trinajstić information content (AvgIpc) is 3.02. The molecular formula is C38H68NO8P. The Labute approximate surface area is 293 Å². The lowest BCUT2D eigenvalue weighted by molar-refractivity contribution is -0.870. The standard InChI is InChI=1S/C38H68NO8P/c1-6-8-10-12-14-16-17-18-19-20-21-23-24-26-28-30-37(40)44-34-36(35-46-48(42,43)45-33-32-39(3,4)5)47-38(41)31-29-27-25-22-15-13-11-9-7-2/h8,10,14,16,18-19,21,23,36H,6-7,9,11-13,15,17,20,22,24-35H2,1-5H3/b10-8-,16-14-,19-18-,23-21-/t36-/m1/s1. The number of phosphoric ester groups is 1. The lowest BCUT2D eigenvalue weighted by atomic mass is 10.1. The third-order valence-electron chi connectivity index (χ3n) is 7.36. The van der Waals surface area contributed by atoms with Crippen molar-refractivity contribution in [2.24, 2.45) is 0 Å². The lowest BCUT2D eigenvalue weighted by Gasteiger charge is -2.28. The molecule has 10 heteroatoms. The van der Waals surface area contributed by atoms with E-state index in [0.29, 0.717) is 23.9 Å². The predicted octanol–water partition coefficient (Wildman–Crippen LogP) is 8.94. The summed E-state index contributed by atoms with van der Waals surface area (Å²) >= 11 is 0. The number of quaternary nitrogens is 1. The second kappa shape index (κ2) is 31.0. The summed E-state index contributed by atoms with van der Waals surface area (Å²) in [6.45, 7) is 4.00. The van der Waals surface area contributed by atoms with Gasteiger partial charge in [0.05, 0.1) is 27.7 Å². The number of carbonyl (C=O) groups is 2. The molecule has 0 aromatic carbocycles. The van der Waals surface area contributed by atoms with Crippen molar-refractivity contribution in [2.45, 2.75) is 136 Å². The number of unbranched alkanes of at least 4 members (excludes halogenated alkanes) is 10. The number of likely N-dealkylation sites (N-methyl/N-ethyl adjacent to an activating group) is 1. The third kappa shape index (κ3) is 33.9. The number of rotatable bonds is 32. The van der Waals surface area contributed by atoms with Crippen LogP contribution in [0.25, 0.3) is 0 Å². The van der Waals surface area contributed by atoms with Crippen LogP contribution in [0.15, 0.2) is 48.6 Å². The van der Waals surface area contributed by atoms with Gasteiger partial charge < -0.3 is 27.9 Å². The molecular weight excluding hydrogens is 629 g/mol. The van der Waals surface area contributed by atoms with Crippen LogP contribution in [0.5, 0.6) is 0 Å². The van der Waals surface area contributed by atoms with Gasteiger partial charge in [0.2, 0.25) is 0 Å². The van der Waals surface area contributed by atoms with Gasteiger partial charge in [-0.1, -0.05) is 114 Å². The first-order chi connectivity index (χ1) is 23.0. The van der Waals surface area contributed by atoms with E-state index in [9.17, 15) is 19.0 Å². The van der Waals surface area contributed by atoms with Gasteiger partial charge in [-0.05, 0) is 51.4 Å². The Kier molecular flexibility index (Phi) is 29.7. The van der Waals surface area contributed by atoms with E-state index in [0.717, 1.165) is 57.8 Å². The Morgan fingerprint density at radius 1 is 0.667 bits per heavy atom. The van der Waals surface area contributed by atoms with E-state index < -0.39 is 32.5 Å². The Morgan fingerprint density at radius 2 is 1.19 bits per heavy atom. The van der Waals surface area contributed by atoms with Crippen molar-refractivity contribution in [1.29, 1.82) is 0 Å². The molecule has 0 aliphatic carbocycles. The minimum Gasteiger partial charge on any atom is -0.756 e. The van der Waals surface area contributed by atoms with Gasteiger partial charge >= 0.3 is 11.9 Å². The van der Waals surface area contributed by atoms with Gasteiger partial charge in [0.15, 0.2) is 6.10 Å². The Morgan fingerprint density at radius 3 is 1.77 bits per heavy atom. The fourth-order valence-electron chi connectivity index (χ4n) is 4.47. The van der Waals surface area contributed by atoms with Gasteiger partial charge in [0, 0.05) is 12.8 Å². The van der Waals surface area contributed by atoms with Crippen LogP contribution in [0, 0.1) is 0 Å². The summed E-state index contributed by atoms with van der Waals surface area (Å²) in [6.07, 6.45) is 32.9. The van der Waals surface area contributed by atoms with Crippen LogP contribution in [0.1, 0.15) is 129 Å². The summed E-state index contributed by atoms with van der Waals surface area (Å²) in [6, 6.07) is 0. The van der Waals surface area contributed by atoms with Crippen molar-refractivity contribution >= 4 is 19.8 Å². The van der Waals surface area contributed by atoms with Crippen LogP contribution >= 0.6 is 7.82 Å². The first kappa shape index (κ1) is 46.0. The second-order valence-corrected chi connectivity index (χ2v) is 14.6. The van der Waals surface area contributed by atoms with E-state index in [-0.39, 0.29) is 26.1 Å². The zero-order chi connectivity index (χ0) is 35.8. The van der Waals surface area contributed by atoms with Gasteiger partial charge in [0.25, 0.3) is 7.82 Å². The van der Waals surface area contributed by atoms with E-state index in [2.05, 4.69) is 62.5 Å². The molecule has 0 heterocycles. The average molecular weight is 698 g/mol. The SMILES string of the molecule is CC/C=C\C/C=C\C/C=C\C/C=C\CCCCC(=O)OC[C@H](COP(=O)([O-])OCC[N+](C)(C)C)OC(=O)CCCCCCCCCCC. The van der Waals surface area contributed by atoms with Crippen LogP contribution in [-0.2, 0) is 32.7 Å². The predicted molar refractivity (Wildman–Crippen MR) is 194 cm³/mol. The molecule has 0 radical (unpaired) electrons. The first-order valence-corrected chi connectivity index (χ1v) is 19.8. The van der Waals surface area contributed by atoms with Gasteiger partial charge in [-0.25, -0.2) is 0 Å². The number of hydrogen-bond acceptors (Lipinski definition) is 8. The normalized spacial score (nSPS) is 14.4. The largest absolute Gasteiger partial charge is 0.756 e. The number of hydrogen-bond donors (Lipinski definition) is 0. The number of phosphoric acid groups is 1.